The Bertz CT molecular complexity index is 2050. The number of nitrogen functional groups attached to an aromatic ring is 1. The number of thiazole rings is 2. The summed E-state index contributed by atoms with van der Waals surface area (Å²) < 4.78 is 1.54. The van der Waals surface area contributed by atoms with Crippen molar-refractivity contribution in [2.75, 3.05) is 11.1 Å². The van der Waals surface area contributed by atoms with E-state index >= 15 is 0 Å². The van der Waals surface area contributed by atoms with Crippen LogP contribution in [0.5, 0.6) is 0 Å². The Kier molecular flexibility index (Phi) is 10.6. The Hall–Kier alpha value is -2.31. The lowest BCUT2D eigenvalue weighted by atomic mass is 10.2. The molecule has 0 radical (unpaired) electrons. The van der Waals surface area contributed by atoms with Crippen molar-refractivity contribution in [2.45, 2.75) is 54.5 Å². The van der Waals surface area contributed by atoms with Crippen molar-refractivity contribution in [2.24, 2.45) is 0 Å². The first-order chi connectivity index (χ1) is 20.8. The number of nitrogens with zero attached hydrogens (tertiary/aromatic N) is 5. The smallest absolute Gasteiger partial charge is 0.263 e. The van der Waals surface area contributed by atoms with Gasteiger partial charge in [0, 0.05) is 10.8 Å². The molecule has 45 heavy (non-hydrogen) atoms. The lowest BCUT2D eigenvalue weighted by Crippen LogP contribution is -2.30. The molecule has 4 heterocycles. The van der Waals surface area contributed by atoms with E-state index in [4.69, 9.17) is 5.73 Å². The van der Waals surface area contributed by atoms with E-state index in [1.807, 2.05) is 24.3 Å². The lowest BCUT2D eigenvalue weighted by molar-refractivity contribution is -0.117. The largest absolute Gasteiger partial charge is 0.375 e. The van der Waals surface area contributed by atoms with Gasteiger partial charge in [-0.25, -0.2) is 9.97 Å². The van der Waals surface area contributed by atoms with Crippen molar-refractivity contribution in [3.8, 4) is 0 Å². The van der Waals surface area contributed by atoms with E-state index in [2.05, 4.69) is 94.3 Å². The second-order valence-corrected chi connectivity index (χ2v) is 19.9. The van der Waals surface area contributed by atoms with E-state index in [1.165, 1.54) is 27.4 Å². The SMILES string of the molecule is CC(C)(Br)C(=O)Br.CC(C)(Br)C(=O)Nc1nc2ccc3c(cnn3C(=O)C(C)(C)Br)c2s1.Nc1nc2ccc3[nH]ncc3c2s1. The summed E-state index contributed by atoms with van der Waals surface area (Å²) in [5.74, 6) is -0.323. The van der Waals surface area contributed by atoms with Crippen LogP contribution in [0.15, 0.2) is 36.7 Å². The van der Waals surface area contributed by atoms with Gasteiger partial charge in [-0.05, 0) is 81.7 Å². The molecule has 0 atom stereocenters. The number of nitrogens with one attached hydrogen (secondary N) is 2. The average molecular weight is 908 g/mol. The van der Waals surface area contributed by atoms with Crippen molar-refractivity contribution >= 4 is 155 Å². The number of H-pyrrole nitrogens is 1. The zero-order valence-electron chi connectivity index (χ0n) is 24.8. The minimum atomic E-state index is -0.713. The van der Waals surface area contributed by atoms with E-state index in [0.29, 0.717) is 15.8 Å². The van der Waals surface area contributed by atoms with Crippen LogP contribution >= 0.6 is 86.4 Å². The van der Waals surface area contributed by atoms with Gasteiger partial charge < -0.3 is 11.1 Å². The summed E-state index contributed by atoms with van der Waals surface area (Å²) in [6, 6.07) is 7.56. The third-order valence-electron chi connectivity index (χ3n) is 6.02. The molecular formula is C28H28Br4N8O3S2. The maximum absolute atomic E-state index is 12.5. The highest BCUT2D eigenvalue weighted by atomic mass is 79.9. The molecule has 0 aliphatic rings. The number of anilines is 2. The second kappa shape index (κ2) is 13.4. The molecule has 11 nitrogen and oxygen atoms in total. The van der Waals surface area contributed by atoms with Crippen molar-refractivity contribution in [3.63, 3.8) is 0 Å². The zero-order valence-corrected chi connectivity index (χ0v) is 32.8. The van der Waals surface area contributed by atoms with Crippen molar-refractivity contribution < 1.29 is 14.4 Å². The summed E-state index contributed by atoms with van der Waals surface area (Å²) in [5.41, 5.74) is 9.06. The normalized spacial score (nSPS) is 12.1. The van der Waals surface area contributed by atoms with Crippen LogP contribution in [0.25, 0.3) is 42.2 Å². The molecule has 0 bridgehead atoms. The highest BCUT2D eigenvalue weighted by molar-refractivity contribution is 9.20. The number of nitrogens with two attached hydrogens (primary N) is 1. The van der Waals surface area contributed by atoms with Crippen LogP contribution in [0, 0.1) is 0 Å². The van der Waals surface area contributed by atoms with Crippen LogP contribution in [-0.4, -0.2) is 59.4 Å². The number of aromatic nitrogens is 6. The lowest BCUT2D eigenvalue weighted by Gasteiger charge is -2.14. The second-order valence-electron chi connectivity index (χ2n) is 11.2. The maximum Gasteiger partial charge on any atom is 0.263 e. The molecule has 238 valence electrons. The number of rotatable bonds is 4. The van der Waals surface area contributed by atoms with Gasteiger partial charge in [-0.2, -0.15) is 14.9 Å². The molecule has 0 saturated heterocycles. The van der Waals surface area contributed by atoms with Gasteiger partial charge in [0.25, 0.3) is 5.91 Å². The van der Waals surface area contributed by atoms with Crippen molar-refractivity contribution in [3.05, 3.63) is 36.7 Å². The number of halogens is 4. The number of hydrogen-bond donors (Lipinski definition) is 3. The first-order valence-electron chi connectivity index (χ1n) is 13.2. The third kappa shape index (κ3) is 8.35. The molecule has 0 aliphatic carbocycles. The van der Waals surface area contributed by atoms with Crippen LogP contribution < -0.4 is 11.1 Å². The number of carbonyl (C=O) groups is 3. The molecular weight excluding hydrogens is 880 g/mol. The molecule has 0 fully saturated rings. The Balaban J connectivity index is 0.000000190. The Labute approximate surface area is 299 Å². The number of aromatic amines is 1. The predicted molar refractivity (Wildman–Crippen MR) is 199 cm³/mol. The highest BCUT2D eigenvalue weighted by Crippen LogP contribution is 2.34. The van der Waals surface area contributed by atoms with Gasteiger partial charge in [0.2, 0.25) is 10.6 Å². The average Bonchev–Trinajstić information content (AvgIpc) is 3.70. The highest BCUT2D eigenvalue weighted by Gasteiger charge is 2.28. The third-order valence-corrected chi connectivity index (χ3v) is 10.6. The van der Waals surface area contributed by atoms with E-state index < -0.39 is 13.0 Å². The number of amides is 1. The van der Waals surface area contributed by atoms with Gasteiger partial charge in [0.15, 0.2) is 10.3 Å². The van der Waals surface area contributed by atoms with Crippen molar-refractivity contribution in [1.29, 1.82) is 0 Å². The van der Waals surface area contributed by atoms with E-state index in [-0.39, 0.29) is 16.5 Å². The molecule has 4 aromatic heterocycles. The fourth-order valence-corrected chi connectivity index (χ4v) is 5.70. The van der Waals surface area contributed by atoms with Gasteiger partial charge in [0.05, 0.1) is 52.5 Å². The molecule has 6 rings (SSSR count). The van der Waals surface area contributed by atoms with Crippen LogP contribution in [0.2, 0.25) is 0 Å². The zero-order chi connectivity index (χ0) is 33.5. The minimum Gasteiger partial charge on any atom is -0.375 e. The fraction of sp³-hybridized carbons (Fsp3) is 0.321. The van der Waals surface area contributed by atoms with Crippen LogP contribution in [-0.2, 0) is 9.59 Å². The minimum absolute atomic E-state index is 0.0278. The van der Waals surface area contributed by atoms with Crippen LogP contribution in [0.4, 0.5) is 10.3 Å². The molecule has 0 spiro atoms. The van der Waals surface area contributed by atoms with Crippen molar-refractivity contribution in [1.82, 2.24) is 29.9 Å². The first-order valence-corrected chi connectivity index (χ1v) is 18.0. The number of alkyl halides is 3. The molecule has 6 aromatic rings. The Morgan fingerprint density at radius 2 is 1.44 bits per heavy atom. The number of hydrogen-bond acceptors (Lipinski definition) is 10. The van der Waals surface area contributed by atoms with Crippen LogP contribution in [0.3, 0.4) is 0 Å². The first kappa shape index (κ1) is 35.5. The molecule has 0 saturated carbocycles. The van der Waals surface area contributed by atoms with E-state index in [1.54, 1.807) is 53.9 Å². The van der Waals surface area contributed by atoms with Gasteiger partial charge in [0.1, 0.15) is 4.32 Å². The maximum atomic E-state index is 12.5. The standard InChI is InChI=1S/C16H16Br2N4O2S.C8H6N4S.C4H6Br2O/c1-15(2,17)12(23)21-14-20-9-5-6-10-8(11(9)25-14)7-19-22(10)13(24)16(3,4)18;9-8-11-6-2-1-5-4(3-10-12-5)7(6)13-8;1-4(2,6)3(5)7/h5-7H,1-4H3,(H,20,21,23);1-3H,(H2,9,11)(H,10,12);1-2H3. The summed E-state index contributed by atoms with van der Waals surface area (Å²) in [7, 11) is 0. The topological polar surface area (TPSA) is 162 Å². The molecule has 2 aromatic carbocycles. The Morgan fingerprint density at radius 3 is 2.04 bits per heavy atom. The predicted octanol–water partition coefficient (Wildman–Crippen LogP) is 8.41. The summed E-state index contributed by atoms with van der Waals surface area (Å²) >= 11 is 15.5. The Morgan fingerprint density at radius 1 is 0.844 bits per heavy atom. The monoisotopic (exact) mass is 904 g/mol. The summed E-state index contributed by atoms with van der Waals surface area (Å²) in [6.45, 7) is 10.7. The molecule has 1 amide bonds. The number of fused-ring (bicyclic) bond motifs is 6. The van der Waals surface area contributed by atoms with Crippen LogP contribution in [0.1, 0.15) is 46.3 Å². The number of benzene rings is 2. The van der Waals surface area contributed by atoms with E-state index in [9.17, 15) is 14.4 Å². The van der Waals surface area contributed by atoms with Gasteiger partial charge in [-0.1, -0.05) is 70.5 Å². The van der Waals surface area contributed by atoms with Gasteiger partial charge >= 0.3 is 0 Å². The molecule has 0 unspecified atom stereocenters. The molecule has 0 aliphatic heterocycles. The summed E-state index contributed by atoms with van der Waals surface area (Å²) in [6.07, 6.45) is 3.46. The molecule has 17 heteroatoms. The quantitative estimate of drug-likeness (QED) is 0.117. The van der Waals surface area contributed by atoms with Gasteiger partial charge in [-0.15, -0.1) is 0 Å². The fourth-order valence-electron chi connectivity index (χ4n) is 3.62. The van der Waals surface area contributed by atoms with Gasteiger partial charge in [-0.3, -0.25) is 19.5 Å². The summed E-state index contributed by atoms with van der Waals surface area (Å²) in [5, 5.41) is 17.0. The molecule has 4 N–H and O–H groups in total. The summed E-state index contributed by atoms with van der Waals surface area (Å²) in [4.78, 5) is 43.6. The van der Waals surface area contributed by atoms with E-state index in [0.717, 1.165) is 36.7 Å². The number of carbonyl (C=O) groups excluding carboxylic acids is 3.